The van der Waals surface area contributed by atoms with Crippen molar-refractivity contribution in [3.05, 3.63) is 68.7 Å². The number of aromatic nitrogens is 1. The Hall–Kier alpha value is -1.77. The molecule has 1 unspecified atom stereocenters. The maximum Gasteiger partial charge on any atom is 0.202 e. The van der Waals surface area contributed by atoms with Crippen LogP contribution in [0.5, 0.6) is 0 Å². The van der Waals surface area contributed by atoms with Gasteiger partial charge in [-0.25, -0.2) is 0 Å². The molecule has 45 heavy (non-hydrogen) atoms. The second kappa shape index (κ2) is 11.4. The number of benzene rings is 1. The second-order valence-corrected chi connectivity index (χ2v) is 22.4. The fraction of sp³-hybridized carbons (Fsp3) is 0.711. The van der Waals surface area contributed by atoms with Crippen molar-refractivity contribution in [2.45, 2.75) is 141 Å². The Labute approximate surface area is 272 Å². The van der Waals surface area contributed by atoms with Crippen molar-refractivity contribution in [3.8, 4) is 0 Å². The van der Waals surface area contributed by atoms with Crippen molar-refractivity contribution in [1.82, 2.24) is 0 Å². The third kappa shape index (κ3) is 5.94. The molecule has 1 aliphatic carbocycles. The lowest BCUT2D eigenvalue weighted by Gasteiger charge is -2.45. The molecule has 4 heterocycles. The van der Waals surface area contributed by atoms with Crippen LogP contribution in [0.25, 0.3) is 0 Å². The zero-order chi connectivity index (χ0) is 32.6. The minimum absolute atomic E-state index is 0.0532. The van der Waals surface area contributed by atoms with E-state index in [-0.39, 0.29) is 34.0 Å². The maximum atomic E-state index is 15.1. The quantitative estimate of drug-likeness (QED) is 0.191. The normalized spacial score (nSPS) is 25.3. The Balaban J connectivity index is 1.64. The van der Waals surface area contributed by atoms with Crippen molar-refractivity contribution in [2.75, 3.05) is 26.4 Å². The molecule has 2 fully saturated rings. The third-order valence-corrected chi connectivity index (χ3v) is 16.1. The molecule has 3 aliphatic heterocycles. The van der Waals surface area contributed by atoms with Crippen LogP contribution in [0, 0.1) is 10.6 Å². The Bertz CT molecular complexity index is 1410. The highest BCUT2D eigenvalue weighted by molar-refractivity contribution is 6.74. The summed E-state index contributed by atoms with van der Waals surface area (Å²) in [6.45, 7) is 25.6. The summed E-state index contributed by atoms with van der Waals surface area (Å²) >= 11 is 0. The average molecular weight is 636 g/mol. The van der Waals surface area contributed by atoms with Crippen LogP contribution >= 0.6 is 0 Å². The van der Waals surface area contributed by atoms with Gasteiger partial charge in [0.05, 0.1) is 22.8 Å². The standard InChI is InChI=1S/C38H57NO5Si/c1-35(2,3)27-13-11-26(12-14-27)34-31-32(38(43-34)17-21-42-22-18-38)30-28(39(40)33(31)25-15-19-41-20-16-25)23-37(7,8)24-29(30)44-45(9,10)36(4,5)6/h11-14,25,29,34H,15-24H2,1-10H3/t29?,34-/m1/s1. The van der Waals surface area contributed by atoms with Gasteiger partial charge >= 0.3 is 0 Å². The van der Waals surface area contributed by atoms with E-state index < -0.39 is 13.9 Å². The summed E-state index contributed by atoms with van der Waals surface area (Å²) in [7, 11) is -2.18. The van der Waals surface area contributed by atoms with E-state index in [4.69, 9.17) is 18.6 Å². The van der Waals surface area contributed by atoms with Gasteiger partial charge in [-0.1, -0.05) is 79.7 Å². The molecule has 6 rings (SSSR count). The van der Waals surface area contributed by atoms with Crippen molar-refractivity contribution in [3.63, 3.8) is 0 Å². The molecule has 2 atom stereocenters. The van der Waals surface area contributed by atoms with E-state index in [9.17, 15) is 0 Å². The van der Waals surface area contributed by atoms with Crippen LogP contribution in [0.2, 0.25) is 18.1 Å². The molecule has 0 radical (unpaired) electrons. The van der Waals surface area contributed by atoms with Gasteiger partial charge < -0.3 is 23.8 Å². The maximum absolute atomic E-state index is 15.1. The minimum Gasteiger partial charge on any atom is -0.618 e. The lowest BCUT2D eigenvalue weighted by atomic mass is 9.69. The Morgan fingerprint density at radius 2 is 1.49 bits per heavy atom. The van der Waals surface area contributed by atoms with Crippen LogP contribution in [0.4, 0.5) is 0 Å². The van der Waals surface area contributed by atoms with Crippen LogP contribution in [0.15, 0.2) is 24.3 Å². The highest BCUT2D eigenvalue weighted by atomic mass is 28.4. The summed E-state index contributed by atoms with van der Waals surface area (Å²) in [5, 5.41) is 15.1. The highest BCUT2D eigenvalue weighted by Gasteiger charge is 2.56. The average Bonchev–Trinajstić information content (AvgIpc) is 3.26. The van der Waals surface area contributed by atoms with Gasteiger partial charge in [0.2, 0.25) is 5.69 Å². The summed E-state index contributed by atoms with van der Waals surface area (Å²) in [6.07, 6.45) is 4.47. The molecule has 1 aromatic heterocycles. The van der Waals surface area contributed by atoms with Crippen molar-refractivity contribution >= 4 is 8.32 Å². The van der Waals surface area contributed by atoms with Gasteiger partial charge in [-0.2, -0.15) is 4.73 Å². The van der Waals surface area contributed by atoms with Crippen molar-refractivity contribution in [1.29, 1.82) is 0 Å². The Kier molecular flexibility index (Phi) is 8.42. The number of rotatable bonds is 4. The topological polar surface area (TPSA) is 63.9 Å². The molecule has 248 valence electrons. The van der Waals surface area contributed by atoms with E-state index in [1.165, 1.54) is 15.9 Å². The molecular weight excluding hydrogens is 579 g/mol. The number of ether oxygens (including phenoxy) is 3. The SMILES string of the molecule is CC1(C)Cc2c(c3c(c(C4CCOCC4)[n+]2[O-])[C@@H](c2ccc(C(C)(C)C)cc2)OC32CCOCC2)C(O[Si](C)(C)C(C)(C)C)C1. The molecule has 0 bridgehead atoms. The first-order chi connectivity index (χ1) is 20.9. The van der Waals surface area contributed by atoms with E-state index in [1.54, 1.807) is 0 Å². The third-order valence-electron chi connectivity index (χ3n) is 11.6. The highest BCUT2D eigenvalue weighted by Crippen LogP contribution is 2.59. The molecule has 2 aromatic rings. The van der Waals surface area contributed by atoms with Gasteiger partial charge in [-0.3, -0.25) is 0 Å². The Morgan fingerprint density at radius 3 is 2.07 bits per heavy atom. The number of hydrogen-bond acceptors (Lipinski definition) is 5. The summed E-state index contributed by atoms with van der Waals surface area (Å²) in [4.78, 5) is 0. The van der Waals surface area contributed by atoms with Crippen LogP contribution in [-0.4, -0.2) is 34.7 Å². The van der Waals surface area contributed by atoms with Crippen LogP contribution in [0.1, 0.15) is 145 Å². The molecule has 1 aromatic carbocycles. The molecule has 2 saturated heterocycles. The predicted octanol–water partition coefficient (Wildman–Crippen LogP) is 8.67. The molecule has 1 spiro atoms. The summed E-state index contributed by atoms with van der Waals surface area (Å²) in [5.74, 6) is 0.134. The summed E-state index contributed by atoms with van der Waals surface area (Å²) in [5.41, 5.74) is 7.26. The van der Waals surface area contributed by atoms with E-state index in [0.29, 0.717) is 26.4 Å². The van der Waals surface area contributed by atoms with Crippen LogP contribution in [-0.2, 0) is 36.1 Å². The smallest absolute Gasteiger partial charge is 0.202 e. The van der Waals surface area contributed by atoms with Gasteiger partial charge in [-0.05, 0) is 59.4 Å². The lowest BCUT2D eigenvalue weighted by Crippen LogP contribution is -2.50. The number of nitrogens with zero attached hydrogens (tertiary/aromatic N) is 1. The van der Waals surface area contributed by atoms with Gasteiger partial charge in [0.1, 0.15) is 6.10 Å². The molecule has 7 heteroatoms. The van der Waals surface area contributed by atoms with Gasteiger partial charge in [0, 0.05) is 57.2 Å². The number of pyridine rings is 1. The first-order valence-electron chi connectivity index (χ1n) is 17.4. The molecule has 0 N–H and O–H groups in total. The number of hydrogen-bond donors (Lipinski definition) is 0. The number of fused-ring (bicyclic) bond motifs is 4. The van der Waals surface area contributed by atoms with E-state index >= 15 is 5.21 Å². The first-order valence-corrected chi connectivity index (χ1v) is 20.3. The molecule has 4 aliphatic rings. The fourth-order valence-electron chi connectivity index (χ4n) is 7.98. The van der Waals surface area contributed by atoms with Crippen molar-refractivity contribution in [2.24, 2.45) is 5.41 Å². The summed E-state index contributed by atoms with van der Waals surface area (Å²) < 4.78 is 28.0. The molecular formula is C38H57NO5Si. The fourth-order valence-corrected chi connectivity index (χ4v) is 9.24. The lowest BCUT2D eigenvalue weighted by molar-refractivity contribution is -0.627. The van der Waals surface area contributed by atoms with Gasteiger partial charge in [-0.15, -0.1) is 0 Å². The molecule has 6 nitrogen and oxygen atoms in total. The Morgan fingerprint density at radius 1 is 0.889 bits per heavy atom. The predicted molar refractivity (Wildman–Crippen MR) is 181 cm³/mol. The molecule has 0 saturated carbocycles. The van der Waals surface area contributed by atoms with Gasteiger partial charge in [0.15, 0.2) is 14.0 Å². The van der Waals surface area contributed by atoms with E-state index in [0.717, 1.165) is 66.6 Å². The zero-order valence-electron chi connectivity index (χ0n) is 29.6. The van der Waals surface area contributed by atoms with E-state index in [2.05, 4.69) is 92.7 Å². The monoisotopic (exact) mass is 635 g/mol. The molecule has 0 amide bonds. The van der Waals surface area contributed by atoms with Gasteiger partial charge in [0.25, 0.3) is 0 Å². The minimum atomic E-state index is -2.18. The largest absolute Gasteiger partial charge is 0.618 e. The second-order valence-electron chi connectivity index (χ2n) is 17.6. The zero-order valence-corrected chi connectivity index (χ0v) is 30.6. The first kappa shape index (κ1) is 33.1. The van der Waals surface area contributed by atoms with Crippen LogP contribution < -0.4 is 4.73 Å². The van der Waals surface area contributed by atoms with E-state index in [1.807, 2.05) is 0 Å². The van der Waals surface area contributed by atoms with Crippen LogP contribution in [0.3, 0.4) is 0 Å². The van der Waals surface area contributed by atoms with Crippen molar-refractivity contribution < 1.29 is 23.4 Å². The summed E-state index contributed by atoms with van der Waals surface area (Å²) in [6, 6.07) is 8.97.